The van der Waals surface area contributed by atoms with Crippen molar-refractivity contribution < 1.29 is 4.74 Å². The number of aromatic nitrogens is 3. The molecule has 0 bridgehead atoms. The molecule has 1 aromatic heterocycles. The largest absolute Gasteiger partial charge is 0.381 e. The van der Waals surface area contributed by atoms with Crippen molar-refractivity contribution in [3.05, 3.63) is 42.2 Å². The number of hydrogen-bond donors (Lipinski definition) is 1. The van der Waals surface area contributed by atoms with Crippen LogP contribution in [0.1, 0.15) is 18.2 Å². The summed E-state index contributed by atoms with van der Waals surface area (Å²) in [5.41, 5.74) is 8.23. The van der Waals surface area contributed by atoms with E-state index in [1.54, 1.807) is 6.20 Å². The summed E-state index contributed by atoms with van der Waals surface area (Å²) in [5.74, 6) is 0.353. The average molecular weight is 244 g/mol. The third-order valence-corrected chi connectivity index (χ3v) is 3.39. The van der Waals surface area contributed by atoms with E-state index in [0.29, 0.717) is 5.92 Å². The van der Waals surface area contributed by atoms with Crippen molar-refractivity contribution >= 4 is 0 Å². The first-order valence-corrected chi connectivity index (χ1v) is 6.15. The fourth-order valence-corrected chi connectivity index (χ4v) is 2.32. The molecule has 1 fully saturated rings. The minimum absolute atomic E-state index is 0.0808. The molecule has 1 saturated heterocycles. The van der Waals surface area contributed by atoms with Gasteiger partial charge in [0.25, 0.3) is 0 Å². The lowest BCUT2D eigenvalue weighted by molar-refractivity contribution is 0.180. The summed E-state index contributed by atoms with van der Waals surface area (Å²) in [7, 11) is 0. The molecule has 18 heavy (non-hydrogen) atoms. The summed E-state index contributed by atoms with van der Waals surface area (Å²) < 4.78 is 7.20. The number of nitrogens with two attached hydrogens (primary N) is 1. The molecule has 5 nitrogen and oxygen atoms in total. The van der Waals surface area contributed by atoms with Crippen molar-refractivity contribution in [2.24, 2.45) is 11.7 Å². The number of ether oxygens (including phenoxy) is 1. The van der Waals surface area contributed by atoms with Crippen molar-refractivity contribution in [3.63, 3.8) is 0 Å². The monoisotopic (exact) mass is 244 g/mol. The van der Waals surface area contributed by atoms with Crippen LogP contribution in [0, 0.1) is 5.92 Å². The molecule has 0 spiro atoms. The van der Waals surface area contributed by atoms with Crippen molar-refractivity contribution in [2.45, 2.75) is 12.5 Å². The Morgan fingerprint density at radius 2 is 2.17 bits per heavy atom. The normalized spacial score (nSPS) is 21.1. The van der Waals surface area contributed by atoms with Crippen LogP contribution in [0.4, 0.5) is 0 Å². The number of hydrogen-bond acceptors (Lipinski definition) is 4. The Labute approximate surface area is 106 Å². The van der Waals surface area contributed by atoms with E-state index in [1.807, 2.05) is 35.0 Å². The Morgan fingerprint density at radius 1 is 1.33 bits per heavy atom. The fourth-order valence-electron chi connectivity index (χ4n) is 2.32. The Morgan fingerprint density at radius 3 is 2.89 bits per heavy atom. The minimum Gasteiger partial charge on any atom is -0.381 e. The van der Waals surface area contributed by atoms with Gasteiger partial charge >= 0.3 is 0 Å². The van der Waals surface area contributed by atoms with Gasteiger partial charge in [0.2, 0.25) is 0 Å². The van der Waals surface area contributed by atoms with Gasteiger partial charge in [-0.2, -0.15) is 0 Å². The van der Waals surface area contributed by atoms with E-state index >= 15 is 0 Å². The maximum absolute atomic E-state index is 6.30. The molecule has 2 aromatic rings. The highest BCUT2D eigenvalue weighted by molar-refractivity contribution is 5.32. The van der Waals surface area contributed by atoms with Gasteiger partial charge in [0.1, 0.15) is 0 Å². The lowest BCUT2D eigenvalue weighted by Crippen LogP contribution is -2.24. The fraction of sp³-hybridized carbons (Fsp3) is 0.385. The van der Waals surface area contributed by atoms with E-state index in [0.717, 1.165) is 31.0 Å². The molecule has 0 saturated carbocycles. The Bertz CT molecular complexity index is 505. The second-order valence-electron chi connectivity index (χ2n) is 4.56. The molecule has 2 unspecified atom stereocenters. The van der Waals surface area contributed by atoms with Crippen LogP contribution in [0.25, 0.3) is 5.69 Å². The van der Waals surface area contributed by atoms with E-state index in [1.165, 1.54) is 0 Å². The first kappa shape index (κ1) is 11.4. The zero-order valence-corrected chi connectivity index (χ0v) is 10.1. The molecule has 2 heterocycles. The van der Waals surface area contributed by atoms with Gasteiger partial charge in [0.15, 0.2) is 0 Å². The van der Waals surface area contributed by atoms with Crippen LogP contribution >= 0.6 is 0 Å². The topological polar surface area (TPSA) is 66.0 Å². The molecule has 2 atom stereocenters. The van der Waals surface area contributed by atoms with E-state index in [9.17, 15) is 0 Å². The van der Waals surface area contributed by atoms with Crippen LogP contribution < -0.4 is 5.73 Å². The van der Waals surface area contributed by atoms with E-state index < -0.39 is 0 Å². The zero-order valence-electron chi connectivity index (χ0n) is 10.1. The van der Waals surface area contributed by atoms with Gasteiger partial charge in [-0.25, -0.2) is 4.68 Å². The van der Waals surface area contributed by atoms with Crippen LogP contribution in [0.15, 0.2) is 36.5 Å². The standard InChI is InChI=1S/C13H16N4O/c14-13(10-6-7-18-9-10)12-8-15-16-17(12)11-4-2-1-3-5-11/h1-5,8,10,13H,6-7,9,14H2. The van der Waals surface area contributed by atoms with E-state index in [-0.39, 0.29) is 6.04 Å². The predicted molar refractivity (Wildman–Crippen MR) is 67.2 cm³/mol. The lowest BCUT2D eigenvalue weighted by Gasteiger charge is -2.18. The number of nitrogens with zero attached hydrogens (tertiary/aromatic N) is 3. The highest BCUT2D eigenvalue weighted by atomic mass is 16.5. The summed E-state index contributed by atoms with van der Waals surface area (Å²) in [4.78, 5) is 0. The second-order valence-corrected chi connectivity index (χ2v) is 4.56. The Hall–Kier alpha value is -1.72. The molecule has 2 N–H and O–H groups in total. The minimum atomic E-state index is -0.0808. The molecule has 0 amide bonds. The number of benzene rings is 1. The Kier molecular flexibility index (Phi) is 3.08. The van der Waals surface area contributed by atoms with Crippen molar-refractivity contribution in [1.29, 1.82) is 0 Å². The van der Waals surface area contributed by atoms with Crippen molar-refractivity contribution in [3.8, 4) is 5.69 Å². The van der Waals surface area contributed by atoms with Crippen molar-refractivity contribution in [2.75, 3.05) is 13.2 Å². The zero-order chi connectivity index (χ0) is 12.4. The van der Waals surface area contributed by atoms with E-state index in [4.69, 9.17) is 10.5 Å². The third kappa shape index (κ3) is 2.02. The van der Waals surface area contributed by atoms with Gasteiger partial charge in [0.05, 0.1) is 30.2 Å². The van der Waals surface area contributed by atoms with Crippen LogP contribution in [0.2, 0.25) is 0 Å². The number of para-hydroxylation sites is 1. The number of rotatable bonds is 3. The van der Waals surface area contributed by atoms with Gasteiger partial charge in [-0.05, 0) is 18.6 Å². The van der Waals surface area contributed by atoms with Crippen molar-refractivity contribution in [1.82, 2.24) is 15.0 Å². The second kappa shape index (κ2) is 4.88. The van der Waals surface area contributed by atoms with Gasteiger partial charge in [0, 0.05) is 12.5 Å². The predicted octanol–water partition coefficient (Wildman–Crippen LogP) is 1.30. The smallest absolute Gasteiger partial charge is 0.0816 e. The quantitative estimate of drug-likeness (QED) is 0.884. The van der Waals surface area contributed by atoms with Gasteiger partial charge < -0.3 is 10.5 Å². The van der Waals surface area contributed by atoms with Crippen LogP contribution in [0.5, 0.6) is 0 Å². The molecule has 94 valence electrons. The van der Waals surface area contributed by atoms with Crippen LogP contribution in [0.3, 0.4) is 0 Å². The third-order valence-electron chi connectivity index (χ3n) is 3.39. The first-order chi connectivity index (χ1) is 8.86. The highest BCUT2D eigenvalue weighted by Crippen LogP contribution is 2.27. The molecular weight excluding hydrogens is 228 g/mol. The molecule has 1 aliphatic rings. The van der Waals surface area contributed by atoms with Crippen LogP contribution in [-0.2, 0) is 4.74 Å². The SMILES string of the molecule is NC(c1cnnn1-c1ccccc1)C1CCOC1. The summed E-state index contributed by atoms with van der Waals surface area (Å²) in [6, 6.07) is 9.84. The molecular formula is C13H16N4O. The lowest BCUT2D eigenvalue weighted by atomic mass is 9.97. The van der Waals surface area contributed by atoms with Gasteiger partial charge in [-0.1, -0.05) is 23.4 Å². The Balaban J connectivity index is 1.91. The summed E-state index contributed by atoms with van der Waals surface area (Å²) in [5, 5.41) is 8.11. The summed E-state index contributed by atoms with van der Waals surface area (Å²) in [6.45, 7) is 1.52. The van der Waals surface area contributed by atoms with Crippen LogP contribution in [-0.4, -0.2) is 28.2 Å². The molecule has 5 heteroatoms. The van der Waals surface area contributed by atoms with E-state index in [2.05, 4.69) is 10.3 Å². The first-order valence-electron chi connectivity index (χ1n) is 6.15. The molecule has 1 aromatic carbocycles. The molecule has 0 radical (unpaired) electrons. The maximum Gasteiger partial charge on any atom is 0.0816 e. The van der Waals surface area contributed by atoms with Gasteiger partial charge in [-0.15, -0.1) is 5.10 Å². The maximum atomic E-state index is 6.30. The molecule has 3 rings (SSSR count). The van der Waals surface area contributed by atoms with Gasteiger partial charge in [-0.3, -0.25) is 0 Å². The summed E-state index contributed by atoms with van der Waals surface area (Å²) in [6.07, 6.45) is 2.75. The highest BCUT2D eigenvalue weighted by Gasteiger charge is 2.27. The summed E-state index contributed by atoms with van der Waals surface area (Å²) >= 11 is 0. The molecule has 0 aliphatic carbocycles. The average Bonchev–Trinajstić information content (AvgIpc) is 3.10. The molecule has 1 aliphatic heterocycles.